The number of carbonyl (C=O) groups is 1. The summed E-state index contributed by atoms with van der Waals surface area (Å²) < 4.78 is 25.0. The number of sulfonamides is 1. The van der Waals surface area contributed by atoms with Gasteiger partial charge in [0.1, 0.15) is 0 Å². The molecule has 1 aliphatic heterocycles. The standard InChI is InChI=1S/C19H22N2O3S/c1-13-5-7-17(11-14(13)2)20(3)19(22)16-6-8-18-15(12-16)9-10-21(18)25(4,23)24/h5-8,11-12H,9-10H2,1-4H3. The molecule has 25 heavy (non-hydrogen) atoms. The lowest BCUT2D eigenvalue weighted by Crippen LogP contribution is -2.28. The lowest BCUT2D eigenvalue weighted by Gasteiger charge is -2.20. The molecule has 0 fully saturated rings. The van der Waals surface area contributed by atoms with Crippen LogP contribution in [-0.4, -0.2) is 34.2 Å². The van der Waals surface area contributed by atoms with E-state index in [1.54, 1.807) is 30.1 Å². The van der Waals surface area contributed by atoms with Gasteiger partial charge in [-0.3, -0.25) is 9.10 Å². The van der Waals surface area contributed by atoms with E-state index in [4.69, 9.17) is 0 Å². The van der Waals surface area contributed by atoms with Crippen LogP contribution in [0, 0.1) is 13.8 Å². The fourth-order valence-corrected chi connectivity index (χ4v) is 4.05. The van der Waals surface area contributed by atoms with Gasteiger partial charge in [0.15, 0.2) is 0 Å². The average Bonchev–Trinajstić information content (AvgIpc) is 2.99. The average molecular weight is 358 g/mol. The molecule has 132 valence electrons. The van der Waals surface area contributed by atoms with Gasteiger partial charge in [-0.15, -0.1) is 0 Å². The zero-order valence-corrected chi connectivity index (χ0v) is 15.7. The second-order valence-corrected chi connectivity index (χ2v) is 8.47. The summed E-state index contributed by atoms with van der Waals surface area (Å²) in [6, 6.07) is 11.2. The molecule has 2 aromatic rings. The summed E-state index contributed by atoms with van der Waals surface area (Å²) >= 11 is 0. The van der Waals surface area contributed by atoms with Gasteiger partial charge >= 0.3 is 0 Å². The van der Waals surface area contributed by atoms with Gasteiger partial charge in [-0.2, -0.15) is 0 Å². The Bertz CT molecular complexity index is 951. The SMILES string of the molecule is Cc1ccc(N(C)C(=O)c2ccc3c(c2)CCN3S(C)(=O)=O)cc1C. The van der Waals surface area contributed by atoms with Crippen molar-refractivity contribution in [3.05, 3.63) is 58.7 Å². The minimum atomic E-state index is -3.28. The van der Waals surface area contributed by atoms with Crippen molar-refractivity contribution < 1.29 is 13.2 Å². The van der Waals surface area contributed by atoms with Crippen LogP contribution in [0.2, 0.25) is 0 Å². The molecule has 2 aromatic carbocycles. The minimum Gasteiger partial charge on any atom is -0.311 e. The van der Waals surface area contributed by atoms with Crippen LogP contribution in [0.1, 0.15) is 27.0 Å². The third-order valence-electron chi connectivity index (χ3n) is 4.76. The molecule has 6 heteroatoms. The topological polar surface area (TPSA) is 57.7 Å². The van der Waals surface area contributed by atoms with E-state index in [2.05, 4.69) is 0 Å². The Kier molecular flexibility index (Phi) is 4.33. The Labute approximate surface area is 148 Å². The number of nitrogens with zero attached hydrogens (tertiary/aromatic N) is 2. The van der Waals surface area contributed by atoms with Crippen LogP contribution < -0.4 is 9.21 Å². The minimum absolute atomic E-state index is 0.108. The number of carbonyl (C=O) groups excluding carboxylic acids is 1. The molecule has 5 nitrogen and oxygen atoms in total. The highest BCUT2D eigenvalue weighted by atomic mass is 32.2. The first-order valence-electron chi connectivity index (χ1n) is 8.14. The third-order valence-corrected chi connectivity index (χ3v) is 5.94. The van der Waals surface area contributed by atoms with Crippen molar-refractivity contribution in [2.75, 3.05) is 29.1 Å². The zero-order chi connectivity index (χ0) is 18.4. The zero-order valence-electron chi connectivity index (χ0n) is 14.9. The fourth-order valence-electron chi connectivity index (χ4n) is 3.09. The molecule has 0 aliphatic carbocycles. The summed E-state index contributed by atoms with van der Waals surface area (Å²) in [7, 11) is -1.53. The summed E-state index contributed by atoms with van der Waals surface area (Å²) in [5, 5.41) is 0. The van der Waals surface area contributed by atoms with Gasteiger partial charge in [-0.1, -0.05) is 6.07 Å². The quantitative estimate of drug-likeness (QED) is 0.848. The summed E-state index contributed by atoms with van der Waals surface area (Å²) in [6.45, 7) is 4.49. The number of aryl methyl sites for hydroxylation is 2. The first-order chi connectivity index (χ1) is 11.7. The molecule has 0 saturated heterocycles. The largest absolute Gasteiger partial charge is 0.311 e. The highest BCUT2D eigenvalue weighted by Crippen LogP contribution is 2.31. The second kappa shape index (κ2) is 6.19. The predicted molar refractivity (Wildman–Crippen MR) is 101 cm³/mol. The van der Waals surface area contributed by atoms with Gasteiger partial charge < -0.3 is 4.90 Å². The van der Waals surface area contributed by atoms with Crippen molar-refractivity contribution >= 4 is 27.3 Å². The lowest BCUT2D eigenvalue weighted by molar-refractivity contribution is 0.0993. The van der Waals surface area contributed by atoms with Gasteiger partial charge in [-0.05, 0) is 67.3 Å². The lowest BCUT2D eigenvalue weighted by atomic mass is 10.1. The molecule has 1 amide bonds. The maximum Gasteiger partial charge on any atom is 0.258 e. The smallest absolute Gasteiger partial charge is 0.258 e. The Balaban J connectivity index is 1.90. The fraction of sp³-hybridized carbons (Fsp3) is 0.316. The van der Waals surface area contributed by atoms with Crippen LogP contribution in [0.25, 0.3) is 0 Å². The van der Waals surface area contributed by atoms with Crippen molar-refractivity contribution in [2.45, 2.75) is 20.3 Å². The normalized spacial score (nSPS) is 13.7. The maximum absolute atomic E-state index is 12.8. The Morgan fingerprint density at radius 1 is 1.08 bits per heavy atom. The molecule has 1 aliphatic rings. The van der Waals surface area contributed by atoms with Crippen LogP contribution in [0.4, 0.5) is 11.4 Å². The molecular formula is C19H22N2O3S. The maximum atomic E-state index is 12.8. The highest BCUT2D eigenvalue weighted by Gasteiger charge is 2.27. The summed E-state index contributed by atoms with van der Waals surface area (Å²) in [6.07, 6.45) is 1.82. The first-order valence-corrected chi connectivity index (χ1v) is 9.99. The van der Waals surface area contributed by atoms with E-state index in [0.29, 0.717) is 24.2 Å². The molecule has 0 saturated carbocycles. The van der Waals surface area contributed by atoms with Gasteiger partial charge in [0, 0.05) is 24.8 Å². The number of hydrogen-bond acceptors (Lipinski definition) is 3. The Morgan fingerprint density at radius 3 is 2.44 bits per heavy atom. The number of amides is 1. The van der Waals surface area contributed by atoms with Gasteiger partial charge in [0.25, 0.3) is 5.91 Å². The molecule has 0 bridgehead atoms. The summed E-state index contributed by atoms with van der Waals surface area (Å²) in [5.41, 5.74) is 5.29. The van der Waals surface area contributed by atoms with Crippen LogP contribution >= 0.6 is 0 Å². The van der Waals surface area contributed by atoms with Gasteiger partial charge in [-0.25, -0.2) is 8.42 Å². The molecule has 3 rings (SSSR count). The molecule has 0 N–H and O–H groups in total. The van der Waals surface area contributed by atoms with Crippen LogP contribution in [0.3, 0.4) is 0 Å². The monoisotopic (exact) mass is 358 g/mol. The Morgan fingerprint density at radius 2 is 1.80 bits per heavy atom. The van der Waals surface area contributed by atoms with E-state index >= 15 is 0 Å². The van der Waals surface area contributed by atoms with E-state index < -0.39 is 10.0 Å². The Hall–Kier alpha value is -2.34. The van der Waals surface area contributed by atoms with E-state index in [0.717, 1.165) is 16.8 Å². The number of anilines is 2. The third kappa shape index (κ3) is 3.26. The van der Waals surface area contributed by atoms with Crippen molar-refractivity contribution in [1.82, 2.24) is 0 Å². The van der Waals surface area contributed by atoms with Crippen LogP contribution in [0.15, 0.2) is 36.4 Å². The highest BCUT2D eigenvalue weighted by molar-refractivity contribution is 7.92. The molecule has 0 aromatic heterocycles. The van der Waals surface area contributed by atoms with E-state index in [1.807, 2.05) is 32.0 Å². The predicted octanol–water partition coefficient (Wildman–Crippen LogP) is 2.90. The molecule has 0 unspecified atom stereocenters. The number of hydrogen-bond donors (Lipinski definition) is 0. The summed E-state index contributed by atoms with van der Waals surface area (Å²) in [4.78, 5) is 14.4. The van der Waals surface area contributed by atoms with Gasteiger partial charge in [0.2, 0.25) is 10.0 Å². The number of fused-ring (bicyclic) bond motifs is 1. The first kappa shape index (κ1) is 17.5. The van der Waals surface area contributed by atoms with Crippen molar-refractivity contribution in [3.8, 4) is 0 Å². The van der Waals surface area contributed by atoms with Crippen molar-refractivity contribution in [2.24, 2.45) is 0 Å². The summed E-state index contributed by atoms with van der Waals surface area (Å²) in [5.74, 6) is -0.108. The molecule has 0 atom stereocenters. The van der Waals surface area contributed by atoms with Crippen LogP contribution in [0.5, 0.6) is 0 Å². The van der Waals surface area contributed by atoms with Crippen molar-refractivity contribution in [1.29, 1.82) is 0 Å². The van der Waals surface area contributed by atoms with Gasteiger partial charge in [0.05, 0.1) is 11.9 Å². The number of rotatable bonds is 3. The molecule has 0 radical (unpaired) electrons. The molecule has 0 spiro atoms. The molecule has 1 heterocycles. The van der Waals surface area contributed by atoms with Crippen LogP contribution in [-0.2, 0) is 16.4 Å². The van der Waals surface area contributed by atoms with Crippen molar-refractivity contribution in [3.63, 3.8) is 0 Å². The van der Waals surface area contributed by atoms with E-state index in [-0.39, 0.29) is 5.91 Å². The van der Waals surface area contributed by atoms with E-state index in [1.165, 1.54) is 16.1 Å². The number of benzene rings is 2. The molecular weight excluding hydrogens is 336 g/mol. The van der Waals surface area contributed by atoms with E-state index in [9.17, 15) is 13.2 Å². The second-order valence-electron chi connectivity index (χ2n) is 6.56.